The smallest absolute Gasteiger partial charge is 0.200 e. The van der Waals surface area contributed by atoms with E-state index in [0.717, 1.165) is 6.07 Å². The Hall–Kier alpha value is -1.66. The van der Waals surface area contributed by atoms with Gasteiger partial charge in [-0.25, -0.2) is 4.39 Å². The molecule has 0 fully saturated rings. The number of nitrogens with two attached hydrogens (primary N) is 1. The van der Waals surface area contributed by atoms with Crippen molar-refractivity contribution in [3.8, 4) is 5.75 Å². The molecule has 0 heterocycles. The van der Waals surface area contributed by atoms with Crippen molar-refractivity contribution in [1.29, 1.82) is 5.41 Å². The molecule has 2 aromatic carbocycles. The summed E-state index contributed by atoms with van der Waals surface area (Å²) in [6, 6.07) is 7.07. The summed E-state index contributed by atoms with van der Waals surface area (Å²) >= 11 is 9.10. The van der Waals surface area contributed by atoms with Crippen molar-refractivity contribution in [3.63, 3.8) is 0 Å². The fourth-order valence-electron chi connectivity index (χ4n) is 1.62. The van der Waals surface area contributed by atoms with Crippen molar-refractivity contribution >= 4 is 33.4 Å². The third-order valence-corrected chi connectivity index (χ3v) is 3.52. The van der Waals surface area contributed by atoms with Gasteiger partial charge in [0.15, 0.2) is 11.6 Å². The molecule has 110 valence electrons. The first-order valence-electron chi connectivity index (χ1n) is 5.78. The fourth-order valence-corrected chi connectivity index (χ4v) is 2.27. The number of hydrogen-bond donors (Lipinski definition) is 2. The molecule has 0 aliphatic rings. The first kappa shape index (κ1) is 15.7. The Morgan fingerprint density at radius 3 is 2.62 bits per heavy atom. The monoisotopic (exact) mass is 374 g/mol. The van der Waals surface area contributed by atoms with E-state index in [9.17, 15) is 8.78 Å². The van der Waals surface area contributed by atoms with Crippen molar-refractivity contribution in [1.82, 2.24) is 0 Å². The van der Waals surface area contributed by atoms with Crippen LogP contribution in [0.15, 0.2) is 34.8 Å². The molecule has 0 amide bonds. The summed E-state index contributed by atoms with van der Waals surface area (Å²) in [4.78, 5) is 0. The maximum atomic E-state index is 13.6. The summed E-state index contributed by atoms with van der Waals surface area (Å²) in [5, 5.41) is 7.64. The molecule has 0 unspecified atom stereocenters. The Balaban J connectivity index is 2.19. The third-order valence-electron chi connectivity index (χ3n) is 2.71. The van der Waals surface area contributed by atoms with Crippen molar-refractivity contribution in [2.75, 3.05) is 0 Å². The second-order valence-electron chi connectivity index (χ2n) is 4.21. The van der Waals surface area contributed by atoms with Gasteiger partial charge in [0, 0.05) is 20.6 Å². The Morgan fingerprint density at radius 1 is 1.29 bits per heavy atom. The highest BCUT2D eigenvalue weighted by atomic mass is 79.9. The van der Waals surface area contributed by atoms with Gasteiger partial charge < -0.3 is 10.5 Å². The van der Waals surface area contributed by atoms with Crippen LogP contribution >= 0.6 is 27.5 Å². The fraction of sp³-hybridized carbons (Fsp3) is 0.0714. The van der Waals surface area contributed by atoms with Gasteiger partial charge in [0.1, 0.15) is 12.4 Å². The number of hydrogen-bond acceptors (Lipinski definition) is 2. The Bertz CT molecular complexity index is 710. The van der Waals surface area contributed by atoms with Crippen LogP contribution in [0.4, 0.5) is 8.78 Å². The van der Waals surface area contributed by atoms with E-state index in [1.165, 1.54) is 12.1 Å². The van der Waals surface area contributed by atoms with Gasteiger partial charge in [-0.2, -0.15) is 4.39 Å². The Morgan fingerprint density at radius 2 is 2.00 bits per heavy atom. The number of benzene rings is 2. The van der Waals surface area contributed by atoms with Crippen LogP contribution in [0.3, 0.4) is 0 Å². The van der Waals surface area contributed by atoms with Crippen LogP contribution in [0.25, 0.3) is 0 Å². The van der Waals surface area contributed by atoms with Crippen LogP contribution in [-0.2, 0) is 6.61 Å². The van der Waals surface area contributed by atoms with Crippen molar-refractivity contribution in [2.45, 2.75) is 6.61 Å². The second-order valence-corrected chi connectivity index (χ2v) is 5.53. The first-order valence-corrected chi connectivity index (χ1v) is 6.95. The number of nitrogen functional groups attached to an aromatic ring is 1. The molecular weight excluding hydrogens is 366 g/mol. The summed E-state index contributed by atoms with van der Waals surface area (Å²) in [5.74, 6) is -2.38. The minimum Gasteiger partial charge on any atom is -0.486 e. The molecule has 0 aromatic heterocycles. The van der Waals surface area contributed by atoms with Gasteiger partial charge in [-0.05, 0) is 18.2 Å². The quantitative estimate of drug-likeness (QED) is 0.477. The predicted molar refractivity (Wildman–Crippen MR) is 80.9 cm³/mol. The molecular formula is C14H10BrClF2N2O. The first-order chi connectivity index (χ1) is 9.88. The molecule has 0 spiro atoms. The topological polar surface area (TPSA) is 59.1 Å². The minimum absolute atomic E-state index is 0.0379. The second kappa shape index (κ2) is 6.41. The minimum atomic E-state index is -1.06. The maximum absolute atomic E-state index is 13.6. The molecule has 21 heavy (non-hydrogen) atoms. The summed E-state index contributed by atoms with van der Waals surface area (Å²) < 4.78 is 32.4. The molecule has 3 N–H and O–H groups in total. The Kier molecular flexibility index (Phi) is 4.80. The molecule has 0 atom stereocenters. The molecule has 0 saturated heterocycles. The number of halogens is 4. The van der Waals surface area contributed by atoms with Crippen molar-refractivity contribution < 1.29 is 13.5 Å². The van der Waals surface area contributed by atoms with E-state index < -0.39 is 11.6 Å². The van der Waals surface area contributed by atoms with E-state index in [4.69, 9.17) is 27.5 Å². The number of amidine groups is 1. The standard InChI is InChI=1S/C14H10BrClF2N2O/c15-9-4-11(17)13(18)12(5-9)21-6-8-2-1-7(14(19)20)3-10(8)16/h1-5H,6H2,(H3,19,20). The summed E-state index contributed by atoms with van der Waals surface area (Å²) in [7, 11) is 0. The highest BCUT2D eigenvalue weighted by Crippen LogP contribution is 2.27. The van der Waals surface area contributed by atoms with Crippen LogP contribution in [0, 0.1) is 17.0 Å². The number of nitrogens with one attached hydrogen (secondary N) is 1. The molecule has 0 bridgehead atoms. The van der Waals surface area contributed by atoms with E-state index >= 15 is 0 Å². The Labute approximate surface area is 133 Å². The van der Waals surface area contributed by atoms with Gasteiger partial charge in [0.25, 0.3) is 0 Å². The van der Waals surface area contributed by atoms with E-state index in [2.05, 4.69) is 15.9 Å². The molecule has 0 radical (unpaired) electrons. The van der Waals surface area contributed by atoms with Crippen molar-refractivity contribution in [2.24, 2.45) is 5.73 Å². The van der Waals surface area contributed by atoms with E-state index in [1.54, 1.807) is 12.1 Å². The molecule has 0 aliphatic carbocycles. The summed E-state index contributed by atoms with van der Waals surface area (Å²) in [6.45, 7) is -0.0379. The number of rotatable bonds is 4. The van der Waals surface area contributed by atoms with Gasteiger partial charge in [-0.1, -0.05) is 39.7 Å². The lowest BCUT2D eigenvalue weighted by molar-refractivity contribution is 0.284. The van der Waals surface area contributed by atoms with Gasteiger partial charge >= 0.3 is 0 Å². The summed E-state index contributed by atoms with van der Waals surface area (Å²) in [5.41, 5.74) is 6.39. The molecule has 7 heteroatoms. The molecule has 3 nitrogen and oxygen atoms in total. The van der Waals surface area contributed by atoms with Crippen LogP contribution < -0.4 is 10.5 Å². The molecule has 0 aliphatic heterocycles. The van der Waals surface area contributed by atoms with Crippen LogP contribution in [-0.4, -0.2) is 5.84 Å². The SMILES string of the molecule is N=C(N)c1ccc(COc2cc(Br)cc(F)c2F)c(Cl)c1. The van der Waals surface area contributed by atoms with Gasteiger partial charge in [0.05, 0.1) is 0 Å². The molecule has 2 rings (SSSR count). The average molecular weight is 376 g/mol. The van der Waals surface area contributed by atoms with Crippen molar-refractivity contribution in [3.05, 3.63) is 62.6 Å². The van der Waals surface area contributed by atoms with E-state index in [0.29, 0.717) is 20.6 Å². The van der Waals surface area contributed by atoms with E-state index in [1.807, 2.05) is 0 Å². The lowest BCUT2D eigenvalue weighted by atomic mass is 10.1. The zero-order valence-corrected chi connectivity index (χ0v) is 12.9. The predicted octanol–water partition coefficient (Wildman–Crippen LogP) is 4.24. The average Bonchev–Trinajstić information content (AvgIpc) is 2.42. The van der Waals surface area contributed by atoms with Gasteiger partial charge in [-0.3, -0.25) is 5.41 Å². The van der Waals surface area contributed by atoms with E-state index in [-0.39, 0.29) is 18.2 Å². The maximum Gasteiger partial charge on any atom is 0.200 e. The number of ether oxygens (including phenoxy) is 1. The largest absolute Gasteiger partial charge is 0.486 e. The van der Waals surface area contributed by atoms with Crippen LogP contribution in [0.2, 0.25) is 5.02 Å². The van der Waals surface area contributed by atoms with Gasteiger partial charge in [0.2, 0.25) is 5.82 Å². The lowest BCUT2D eigenvalue weighted by Crippen LogP contribution is -2.11. The highest BCUT2D eigenvalue weighted by molar-refractivity contribution is 9.10. The molecule has 0 saturated carbocycles. The normalized spacial score (nSPS) is 10.5. The van der Waals surface area contributed by atoms with Crippen LogP contribution in [0.5, 0.6) is 5.75 Å². The molecule has 2 aromatic rings. The summed E-state index contributed by atoms with van der Waals surface area (Å²) in [6.07, 6.45) is 0. The van der Waals surface area contributed by atoms with Gasteiger partial charge in [-0.15, -0.1) is 0 Å². The highest BCUT2D eigenvalue weighted by Gasteiger charge is 2.12. The zero-order chi connectivity index (χ0) is 15.6. The van der Waals surface area contributed by atoms with Crippen LogP contribution in [0.1, 0.15) is 11.1 Å². The third kappa shape index (κ3) is 3.71. The zero-order valence-electron chi connectivity index (χ0n) is 10.6. The lowest BCUT2D eigenvalue weighted by Gasteiger charge is -2.10.